The molecule has 0 saturated heterocycles. The quantitative estimate of drug-likeness (QED) is 0.713. The average molecular weight is 276 g/mol. The maximum Gasteiger partial charge on any atom is 0.241 e. The molecule has 98 valence electrons. The van der Waals surface area contributed by atoms with E-state index in [0.717, 1.165) is 30.8 Å². The molecule has 0 radical (unpaired) electrons. The van der Waals surface area contributed by atoms with Crippen LogP contribution in [0.5, 0.6) is 0 Å². The zero-order chi connectivity index (χ0) is 12.7. The molecule has 0 atom stereocenters. The van der Waals surface area contributed by atoms with Gasteiger partial charge in [0.1, 0.15) is 0 Å². The highest BCUT2D eigenvalue weighted by molar-refractivity contribution is 7.89. The summed E-state index contributed by atoms with van der Waals surface area (Å²) in [7, 11) is -3.30. The van der Waals surface area contributed by atoms with Crippen LogP contribution in [-0.4, -0.2) is 21.5 Å². The second-order valence-electron chi connectivity index (χ2n) is 3.82. The Bertz CT molecular complexity index is 426. The van der Waals surface area contributed by atoms with Crippen LogP contribution in [0.1, 0.15) is 31.6 Å². The summed E-state index contributed by atoms with van der Waals surface area (Å²) in [6.07, 6.45) is 1.88. The number of sulfonamides is 1. The van der Waals surface area contributed by atoms with Gasteiger partial charge in [-0.25, -0.2) is 13.1 Å². The molecule has 0 aliphatic heterocycles. The molecule has 0 unspecified atom stereocenters. The summed E-state index contributed by atoms with van der Waals surface area (Å²) in [5, 5.41) is 4.95. The van der Waals surface area contributed by atoms with E-state index in [1.807, 2.05) is 6.92 Å². The Balaban J connectivity index is 2.60. The van der Waals surface area contributed by atoms with Crippen molar-refractivity contribution < 1.29 is 8.42 Å². The third-order valence-electron chi connectivity index (χ3n) is 2.21. The smallest absolute Gasteiger partial charge is 0.241 e. The predicted octanol–water partition coefficient (Wildman–Crippen LogP) is 1.94. The number of hydrogen-bond acceptors (Lipinski definition) is 4. The van der Waals surface area contributed by atoms with Crippen molar-refractivity contribution in [1.29, 1.82) is 0 Å². The molecule has 0 aromatic carbocycles. The van der Waals surface area contributed by atoms with Crippen molar-refractivity contribution in [1.82, 2.24) is 10.0 Å². The van der Waals surface area contributed by atoms with E-state index in [0.29, 0.717) is 11.4 Å². The van der Waals surface area contributed by atoms with Gasteiger partial charge in [0.25, 0.3) is 0 Å². The van der Waals surface area contributed by atoms with Crippen LogP contribution in [0, 0.1) is 0 Å². The average Bonchev–Trinajstić information content (AvgIpc) is 2.76. The van der Waals surface area contributed by atoms with Crippen molar-refractivity contribution in [2.24, 2.45) is 0 Å². The van der Waals surface area contributed by atoms with E-state index in [4.69, 9.17) is 0 Å². The third kappa shape index (κ3) is 4.75. The minimum absolute atomic E-state index is 0.379. The van der Waals surface area contributed by atoms with Gasteiger partial charge in [0.2, 0.25) is 10.0 Å². The summed E-state index contributed by atoms with van der Waals surface area (Å²) in [6, 6.07) is 1.74. The van der Waals surface area contributed by atoms with Crippen LogP contribution in [0.25, 0.3) is 0 Å². The minimum atomic E-state index is -3.30. The highest BCUT2D eigenvalue weighted by Gasteiger charge is 2.14. The first-order chi connectivity index (χ1) is 8.10. The van der Waals surface area contributed by atoms with Crippen LogP contribution in [0.15, 0.2) is 16.3 Å². The first kappa shape index (κ1) is 14.6. The van der Waals surface area contributed by atoms with Crippen molar-refractivity contribution in [3.8, 4) is 0 Å². The van der Waals surface area contributed by atoms with Gasteiger partial charge >= 0.3 is 0 Å². The van der Waals surface area contributed by atoms with E-state index in [-0.39, 0.29) is 0 Å². The number of rotatable bonds is 8. The number of thiophene rings is 1. The van der Waals surface area contributed by atoms with E-state index >= 15 is 0 Å². The van der Waals surface area contributed by atoms with Gasteiger partial charge in [-0.05, 0) is 25.5 Å². The van der Waals surface area contributed by atoms with Crippen molar-refractivity contribution >= 4 is 21.4 Å². The second kappa shape index (κ2) is 7.10. The fraction of sp³-hybridized carbons (Fsp3) is 0.636. The summed E-state index contributed by atoms with van der Waals surface area (Å²) in [4.78, 5) is 1.43. The van der Waals surface area contributed by atoms with E-state index in [2.05, 4.69) is 17.0 Å². The van der Waals surface area contributed by atoms with Crippen LogP contribution in [0.4, 0.5) is 0 Å². The molecular weight excluding hydrogens is 256 g/mol. The zero-order valence-electron chi connectivity index (χ0n) is 10.3. The SMILES string of the molecule is CCCNCc1cc(S(=O)(=O)NCCC)cs1. The molecule has 1 aromatic rings. The van der Waals surface area contributed by atoms with Crippen LogP contribution in [0.2, 0.25) is 0 Å². The Labute approximate surface area is 107 Å². The van der Waals surface area contributed by atoms with Crippen LogP contribution in [0.3, 0.4) is 0 Å². The molecule has 0 fully saturated rings. The Hall–Kier alpha value is -0.430. The lowest BCUT2D eigenvalue weighted by molar-refractivity contribution is 0.581. The molecule has 6 heteroatoms. The summed E-state index contributed by atoms with van der Waals surface area (Å²) in [6.45, 7) is 6.22. The molecule has 17 heavy (non-hydrogen) atoms. The molecule has 1 aromatic heterocycles. The summed E-state index contributed by atoms with van der Waals surface area (Å²) < 4.78 is 26.2. The summed E-state index contributed by atoms with van der Waals surface area (Å²) in [5.41, 5.74) is 0. The first-order valence-corrected chi connectivity index (χ1v) is 8.24. The Morgan fingerprint density at radius 1 is 1.24 bits per heavy atom. The lowest BCUT2D eigenvalue weighted by atomic mass is 10.4. The van der Waals surface area contributed by atoms with Gasteiger partial charge in [-0.1, -0.05) is 13.8 Å². The van der Waals surface area contributed by atoms with E-state index in [1.165, 1.54) is 11.3 Å². The van der Waals surface area contributed by atoms with Crippen molar-refractivity contribution in [2.75, 3.05) is 13.1 Å². The second-order valence-corrected chi connectivity index (χ2v) is 6.59. The largest absolute Gasteiger partial charge is 0.312 e. The Morgan fingerprint density at radius 2 is 1.94 bits per heavy atom. The minimum Gasteiger partial charge on any atom is -0.312 e. The normalized spacial score (nSPS) is 11.9. The van der Waals surface area contributed by atoms with E-state index < -0.39 is 10.0 Å². The van der Waals surface area contributed by atoms with E-state index in [9.17, 15) is 8.42 Å². The molecule has 0 amide bonds. The molecule has 4 nitrogen and oxygen atoms in total. The molecule has 1 heterocycles. The van der Waals surface area contributed by atoms with Crippen molar-refractivity contribution in [2.45, 2.75) is 38.1 Å². The first-order valence-electron chi connectivity index (χ1n) is 5.88. The van der Waals surface area contributed by atoms with Gasteiger partial charge in [-0.3, -0.25) is 0 Å². The lowest BCUT2D eigenvalue weighted by Gasteiger charge is -2.02. The van der Waals surface area contributed by atoms with Crippen LogP contribution < -0.4 is 10.0 Å². The Morgan fingerprint density at radius 3 is 2.59 bits per heavy atom. The fourth-order valence-corrected chi connectivity index (χ4v) is 3.68. The molecule has 0 spiro atoms. The maximum absolute atomic E-state index is 11.8. The molecule has 0 aliphatic rings. The standard InChI is InChI=1S/C11H20N2O2S2/c1-3-5-12-8-10-7-11(9-16-10)17(14,15)13-6-4-2/h7,9,12-13H,3-6,8H2,1-2H3. The van der Waals surface area contributed by atoms with Gasteiger partial charge in [0, 0.05) is 23.3 Å². The van der Waals surface area contributed by atoms with Gasteiger partial charge in [0.15, 0.2) is 0 Å². The van der Waals surface area contributed by atoms with Gasteiger partial charge < -0.3 is 5.32 Å². The number of nitrogens with one attached hydrogen (secondary N) is 2. The van der Waals surface area contributed by atoms with Crippen molar-refractivity contribution in [3.63, 3.8) is 0 Å². The highest BCUT2D eigenvalue weighted by Crippen LogP contribution is 2.18. The van der Waals surface area contributed by atoms with Gasteiger partial charge in [-0.15, -0.1) is 11.3 Å². The van der Waals surface area contributed by atoms with E-state index in [1.54, 1.807) is 11.4 Å². The monoisotopic (exact) mass is 276 g/mol. The maximum atomic E-state index is 11.8. The zero-order valence-corrected chi connectivity index (χ0v) is 12.0. The third-order valence-corrected chi connectivity index (χ3v) is 4.73. The summed E-state index contributed by atoms with van der Waals surface area (Å²) >= 11 is 1.48. The molecule has 0 saturated carbocycles. The van der Waals surface area contributed by atoms with Crippen LogP contribution in [-0.2, 0) is 16.6 Å². The Kier molecular flexibility index (Phi) is 6.11. The predicted molar refractivity (Wildman–Crippen MR) is 71.8 cm³/mol. The van der Waals surface area contributed by atoms with Gasteiger partial charge in [0.05, 0.1) is 4.90 Å². The highest BCUT2D eigenvalue weighted by atomic mass is 32.2. The van der Waals surface area contributed by atoms with Crippen LogP contribution >= 0.6 is 11.3 Å². The molecule has 0 aliphatic carbocycles. The molecular formula is C11H20N2O2S2. The topological polar surface area (TPSA) is 58.2 Å². The van der Waals surface area contributed by atoms with Crippen molar-refractivity contribution in [3.05, 3.63) is 16.3 Å². The number of hydrogen-bond donors (Lipinski definition) is 2. The molecule has 0 bridgehead atoms. The lowest BCUT2D eigenvalue weighted by Crippen LogP contribution is -2.23. The fourth-order valence-electron chi connectivity index (χ4n) is 1.30. The molecule has 1 rings (SSSR count). The summed E-state index contributed by atoms with van der Waals surface area (Å²) in [5.74, 6) is 0. The van der Waals surface area contributed by atoms with Gasteiger partial charge in [-0.2, -0.15) is 0 Å². The molecule has 2 N–H and O–H groups in total.